The maximum atomic E-state index is 13.3. The summed E-state index contributed by atoms with van der Waals surface area (Å²) >= 11 is 16.4. The molecule has 0 unspecified atom stereocenters. The summed E-state index contributed by atoms with van der Waals surface area (Å²) in [7, 11) is 2.01. The molecule has 0 saturated carbocycles. The summed E-state index contributed by atoms with van der Waals surface area (Å²) < 4.78 is 6.97. The van der Waals surface area contributed by atoms with Gasteiger partial charge in [-0.05, 0) is 52.5 Å². The highest BCUT2D eigenvalue weighted by Crippen LogP contribution is 2.46. The zero-order chi connectivity index (χ0) is 22.4. The van der Waals surface area contributed by atoms with Gasteiger partial charge in [0.2, 0.25) is 0 Å². The van der Waals surface area contributed by atoms with Crippen molar-refractivity contribution in [3.8, 4) is 0 Å². The highest BCUT2D eigenvalue weighted by molar-refractivity contribution is 9.11. The number of aromatic nitrogens is 2. The summed E-state index contributed by atoms with van der Waals surface area (Å²) in [6.07, 6.45) is 4.23. The van der Waals surface area contributed by atoms with Crippen LogP contribution < -0.4 is 24.2 Å². The average molecular weight is 584 g/mol. The van der Waals surface area contributed by atoms with Crippen molar-refractivity contribution in [3.63, 3.8) is 0 Å². The second-order valence-corrected chi connectivity index (χ2v) is 12.8. The smallest absolute Gasteiger partial charge is 0.271 e. The van der Waals surface area contributed by atoms with E-state index in [2.05, 4.69) is 54.5 Å². The van der Waals surface area contributed by atoms with Crippen LogP contribution in [0, 0.1) is 0 Å². The van der Waals surface area contributed by atoms with Gasteiger partial charge in [0, 0.05) is 29.1 Å². The molecular formula is C22H18BrClN3OS4+. The summed E-state index contributed by atoms with van der Waals surface area (Å²) in [5.74, 6) is 0. The van der Waals surface area contributed by atoms with Gasteiger partial charge >= 0.3 is 0 Å². The van der Waals surface area contributed by atoms with Crippen molar-refractivity contribution in [1.29, 1.82) is 0 Å². The predicted octanol–water partition coefficient (Wildman–Crippen LogP) is 4.94. The van der Waals surface area contributed by atoms with Gasteiger partial charge in [-0.1, -0.05) is 34.7 Å². The van der Waals surface area contributed by atoms with Crippen molar-refractivity contribution >= 4 is 90.1 Å². The minimum absolute atomic E-state index is 0.0562. The van der Waals surface area contributed by atoms with Gasteiger partial charge in [0.25, 0.3) is 10.6 Å². The molecule has 0 N–H and O–H groups in total. The number of thiazole rings is 2. The summed E-state index contributed by atoms with van der Waals surface area (Å²) in [4.78, 5) is 16.5. The summed E-state index contributed by atoms with van der Waals surface area (Å²) in [5.41, 5.74) is 2.39. The lowest BCUT2D eigenvalue weighted by atomic mass is 10.3. The monoisotopic (exact) mass is 582 g/mol. The Hall–Kier alpha value is -1.36. The number of thioether (sulfide) groups is 1. The molecule has 4 nitrogen and oxygen atoms in total. The molecule has 0 aliphatic carbocycles. The van der Waals surface area contributed by atoms with Gasteiger partial charge in [-0.2, -0.15) is 4.57 Å². The number of halogens is 2. The van der Waals surface area contributed by atoms with E-state index in [4.69, 9.17) is 11.6 Å². The summed E-state index contributed by atoms with van der Waals surface area (Å²) in [6.45, 7) is 3.44. The molecule has 0 radical (unpaired) electrons. The number of anilines is 1. The third-order valence-electron chi connectivity index (χ3n) is 5.21. The number of rotatable bonds is 4. The van der Waals surface area contributed by atoms with Crippen LogP contribution in [0.1, 0.15) is 17.5 Å². The zero-order valence-electron chi connectivity index (χ0n) is 17.2. The summed E-state index contributed by atoms with van der Waals surface area (Å²) in [6, 6.07) is 8.00. The molecule has 0 saturated heterocycles. The Morgan fingerprint density at radius 3 is 2.81 bits per heavy atom. The molecule has 164 valence electrons. The van der Waals surface area contributed by atoms with Crippen LogP contribution in [0.15, 0.2) is 54.7 Å². The molecule has 0 atom stereocenters. The van der Waals surface area contributed by atoms with Gasteiger partial charge in [-0.3, -0.25) is 9.36 Å². The first kappa shape index (κ1) is 22.4. The Balaban J connectivity index is 1.62. The van der Waals surface area contributed by atoms with E-state index in [1.165, 1.54) is 5.56 Å². The minimum Gasteiger partial charge on any atom is -0.337 e. The van der Waals surface area contributed by atoms with E-state index in [0.717, 1.165) is 40.1 Å². The lowest BCUT2D eigenvalue weighted by Gasteiger charge is -2.12. The minimum atomic E-state index is 0.0562. The number of fused-ring (bicyclic) bond motifs is 1. The van der Waals surface area contributed by atoms with E-state index in [-0.39, 0.29) is 5.56 Å². The average Bonchev–Trinajstić information content (AvgIpc) is 3.52. The Labute approximate surface area is 214 Å². The lowest BCUT2D eigenvalue weighted by Crippen LogP contribution is -2.36. The number of hydrogen-bond donors (Lipinski definition) is 0. The SMILES string of the molecule is CCn1c(=O)/c(=C2\Sc3cc(Cl)ccc3N2C)s/c1=C\c1scc[n+]1Cc1ccsc1Br. The van der Waals surface area contributed by atoms with E-state index in [9.17, 15) is 4.79 Å². The molecule has 1 aromatic carbocycles. The van der Waals surface area contributed by atoms with Gasteiger partial charge in [-0.25, -0.2) is 0 Å². The van der Waals surface area contributed by atoms with Crippen molar-refractivity contribution in [3.05, 3.63) is 80.2 Å². The van der Waals surface area contributed by atoms with Crippen LogP contribution in [0.3, 0.4) is 0 Å². The molecule has 4 aromatic rings. The molecule has 0 spiro atoms. The Morgan fingerprint density at radius 1 is 1.22 bits per heavy atom. The third-order valence-corrected chi connectivity index (χ3v) is 10.6. The van der Waals surface area contributed by atoms with Gasteiger partial charge in [-0.15, -0.1) is 22.7 Å². The molecule has 0 fully saturated rings. The molecule has 10 heteroatoms. The second-order valence-electron chi connectivity index (χ2n) is 7.13. The van der Waals surface area contributed by atoms with E-state index >= 15 is 0 Å². The Kier molecular flexibility index (Phi) is 6.39. The van der Waals surface area contributed by atoms with Crippen LogP contribution in [-0.2, 0) is 13.1 Å². The first-order valence-corrected chi connectivity index (χ1v) is 14.4. The van der Waals surface area contributed by atoms with Crippen LogP contribution in [-0.4, -0.2) is 11.6 Å². The van der Waals surface area contributed by atoms with Gasteiger partial charge in [0.05, 0.1) is 20.9 Å². The number of nitrogens with zero attached hydrogens (tertiary/aromatic N) is 3. The quantitative estimate of drug-likeness (QED) is 0.319. The van der Waals surface area contributed by atoms with Crippen LogP contribution in [0.25, 0.3) is 11.1 Å². The maximum Gasteiger partial charge on any atom is 0.271 e. The Morgan fingerprint density at radius 2 is 2.06 bits per heavy atom. The van der Waals surface area contributed by atoms with E-state index in [0.29, 0.717) is 11.6 Å². The standard InChI is InChI=1S/C22H18BrClN3OS4/c1-3-27-18(11-17-26(7-9-29-17)12-13-6-8-30-20(13)23)32-19(21(27)28)22-25(2)15-5-4-14(24)10-16(15)31-22/h4-11H,3,12H2,1-2H3/q+1/b22-19+. The molecular weight excluding hydrogens is 566 g/mol. The second kappa shape index (κ2) is 9.12. The van der Waals surface area contributed by atoms with Gasteiger partial charge in [0.15, 0.2) is 12.7 Å². The molecule has 0 amide bonds. The highest BCUT2D eigenvalue weighted by atomic mass is 79.9. The lowest BCUT2D eigenvalue weighted by molar-refractivity contribution is -0.685. The molecule has 0 bridgehead atoms. The molecule has 32 heavy (non-hydrogen) atoms. The van der Waals surface area contributed by atoms with Crippen molar-refractivity contribution in [2.24, 2.45) is 0 Å². The molecule has 1 aliphatic rings. The van der Waals surface area contributed by atoms with Gasteiger partial charge in [0.1, 0.15) is 14.2 Å². The van der Waals surface area contributed by atoms with Crippen LogP contribution >= 0.6 is 73.3 Å². The molecule has 1 aliphatic heterocycles. The molecule has 4 heterocycles. The van der Waals surface area contributed by atoms with Gasteiger partial charge < -0.3 is 4.90 Å². The number of hydrogen-bond acceptors (Lipinski definition) is 6. The highest BCUT2D eigenvalue weighted by Gasteiger charge is 2.25. The summed E-state index contributed by atoms with van der Waals surface area (Å²) in [5, 5.41) is 6.96. The predicted molar refractivity (Wildman–Crippen MR) is 142 cm³/mol. The van der Waals surface area contributed by atoms with Crippen molar-refractivity contribution in [2.45, 2.75) is 24.9 Å². The van der Waals surface area contributed by atoms with Crippen LogP contribution in [0.4, 0.5) is 5.69 Å². The molecule has 5 rings (SSSR count). The normalized spacial score (nSPS) is 15.6. The van der Waals surface area contributed by atoms with E-state index < -0.39 is 0 Å². The fourth-order valence-corrected chi connectivity index (χ4v) is 8.39. The topological polar surface area (TPSA) is 29.1 Å². The van der Waals surface area contributed by atoms with Crippen molar-refractivity contribution < 1.29 is 4.57 Å². The third kappa shape index (κ3) is 4.03. The zero-order valence-corrected chi connectivity index (χ0v) is 22.8. The molecule has 3 aromatic heterocycles. The fraction of sp³-hybridized carbons (Fsp3) is 0.182. The van der Waals surface area contributed by atoms with E-state index in [1.54, 1.807) is 45.8 Å². The maximum absolute atomic E-state index is 13.3. The largest absolute Gasteiger partial charge is 0.337 e. The van der Waals surface area contributed by atoms with E-state index in [1.807, 2.05) is 36.7 Å². The van der Waals surface area contributed by atoms with Crippen LogP contribution in [0.5, 0.6) is 0 Å². The first-order chi connectivity index (χ1) is 15.5. The first-order valence-electron chi connectivity index (χ1n) is 9.82. The van der Waals surface area contributed by atoms with Crippen molar-refractivity contribution in [2.75, 3.05) is 11.9 Å². The fourth-order valence-electron chi connectivity index (χ4n) is 3.58. The van der Waals surface area contributed by atoms with Crippen molar-refractivity contribution in [1.82, 2.24) is 4.57 Å². The Bertz CT molecular complexity index is 1500. The number of benzene rings is 1. The van der Waals surface area contributed by atoms with Crippen LogP contribution in [0.2, 0.25) is 5.02 Å². The number of thiophene rings is 1.